The summed E-state index contributed by atoms with van der Waals surface area (Å²) >= 11 is 0. The van der Waals surface area contributed by atoms with Gasteiger partial charge in [0.15, 0.2) is 0 Å². The van der Waals surface area contributed by atoms with Gasteiger partial charge in [-0.3, -0.25) is 74.8 Å². The SMILES string of the molecule is CS(C)=O.CS(C)=O.CS(C)=O.CS(C)=O.C[C@@H](C(=O)O)N1C(=O)c2ccc3c4c(ccc(c24)C1=O)C(=O)N([C@@H](C)C(=O)O)C3=O.C[C@@H](C(=O)O)N1C(=O)c2ccc3c4c(ccc(c24)C1=O)C(=O)N([C@@H](C)C(=O)O)C3=O. The summed E-state index contributed by atoms with van der Waals surface area (Å²) in [6.45, 7) is 4.80. The molecule has 4 aromatic rings. The van der Waals surface area contributed by atoms with Crippen molar-refractivity contribution in [3.05, 3.63) is 93.0 Å². The summed E-state index contributed by atoms with van der Waals surface area (Å²) in [7, 11) is -2.44. The zero-order valence-corrected chi connectivity index (χ0v) is 45.9. The van der Waals surface area contributed by atoms with E-state index >= 15 is 0 Å². The quantitative estimate of drug-likeness (QED) is 0.183. The van der Waals surface area contributed by atoms with E-state index in [1.165, 1.54) is 76.2 Å². The van der Waals surface area contributed by atoms with Gasteiger partial charge in [0.25, 0.3) is 47.3 Å². The van der Waals surface area contributed by atoms with Gasteiger partial charge in [0.1, 0.15) is 24.2 Å². The molecule has 0 spiro atoms. The second kappa shape index (κ2) is 25.3. The van der Waals surface area contributed by atoms with Crippen molar-refractivity contribution in [3.63, 3.8) is 0 Å². The molecule has 24 nitrogen and oxygen atoms in total. The van der Waals surface area contributed by atoms with Gasteiger partial charge < -0.3 is 20.4 Å². The molecule has 0 saturated carbocycles. The maximum Gasteiger partial charge on any atom is 0.326 e. The average molecular weight is 1130 g/mol. The van der Waals surface area contributed by atoms with Gasteiger partial charge in [-0.1, -0.05) is 0 Å². The van der Waals surface area contributed by atoms with Gasteiger partial charge in [-0.15, -0.1) is 0 Å². The molecule has 408 valence electrons. The lowest BCUT2D eigenvalue weighted by molar-refractivity contribution is -0.141. The van der Waals surface area contributed by atoms with Crippen LogP contribution in [0.2, 0.25) is 0 Å². The number of hydrogen-bond donors (Lipinski definition) is 4. The minimum absolute atomic E-state index is 0.0152. The molecular weight excluding hydrogens is 1080 g/mol. The first-order valence-electron chi connectivity index (χ1n) is 21.7. The predicted molar refractivity (Wildman–Crippen MR) is 278 cm³/mol. The maximum atomic E-state index is 12.9. The Morgan fingerprint density at radius 2 is 0.395 bits per heavy atom. The van der Waals surface area contributed by atoms with Crippen molar-refractivity contribution in [2.45, 2.75) is 51.9 Å². The number of rotatable bonds is 8. The largest absolute Gasteiger partial charge is 0.480 e. The molecule has 8 amide bonds. The van der Waals surface area contributed by atoms with Crippen LogP contribution in [0.4, 0.5) is 0 Å². The number of imide groups is 4. The van der Waals surface area contributed by atoms with Crippen molar-refractivity contribution in [2.24, 2.45) is 0 Å². The third-order valence-electron chi connectivity index (χ3n) is 10.9. The summed E-state index contributed by atoms with van der Waals surface area (Å²) in [5, 5.41) is 37.3. The highest BCUT2D eigenvalue weighted by molar-refractivity contribution is 7.84. The zero-order valence-electron chi connectivity index (χ0n) is 42.7. The summed E-state index contributed by atoms with van der Waals surface area (Å²) < 4.78 is 38.2. The number of nitrogens with zero attached hydrogens (tertiary/aromatic N) is 4. The van der Waals surface area contributed by atoms with Crippen LogP contribution in [-0.4, -0.2) is 202 Å². The minimum atomic E-state index is -1.42. The van der Waals surface area contributed by atoms with Crippen molar-refractivity contribution < 1.29 is 94.8 Å². The van der Waals surface area contributed by atoms with Gasteiger partial charge >= 0.3 is 23.9 Å². The average Bonchev–Trinajstić information content (AvgIpc) is 3.30. The molecule has 0 radical (unpaired) electrons. The fraction of sp³-hybridized carbons (Fsp3) is 0.333. The number of benzene rings is 4. The lowest BCUT2D eigenvalue weighted by Crippen LogP contribution is -2.51. The van der Waals surface area contributed by atoms with Gasteiger partial charge in [0, 0.05) is 159 Å². The number of hydrogen-bond acceptors (Lipinski definition) is 16. The van der Waals surface area contributed by atoms with Crippen molar-refractivity contribution >= 4 is 136 Å². The van der Waals surface area contributed by atoms with Crippen LogP contribution >= 0.6 is 0 Å². The molecule has 0 aliphatic carbocycles. The number of carbonyl (C=O) groups is 12. The number of amides is 8. The normalized spacial score (nSPS) is 15.6. The Kier molecular flexibility index (Phi) is 20.9. The first-order chi connectivity index (χ1) is 35.1. The first kappa shape index (κ1) is 62.7. The molecule has 0 saturated heterocycles. The Hall–Kier alpha value is -7.56. The highest BCUT2D eigenvalue weighted by atomic mass is 32.2. The second-order valence-electron chi connectivity index (χ2n) is 17.1. The number of carbonyl (C=O) groups excluding carboxylic acids is 8. The number of carboxylic acids is 4. The van der Waals surface area contributed by atoms with Crippen LogP contribution in [0.15, 0.2) is 48.5 Å². The maximum absolute atomic E-state index is 12.9. The van der Waals surface area contributed by atoms with Crippen LogP contribution in [-0.2, 0) is 62.4 Å². The van der Waals surface area contributed by atoms with E-state index in [1.54, 1.807) is 50.0 Å². The Balaban J connectivity index is 0.000000312. The van der Waals surface area contributed by atoms with Crippen LogP contribution in [0.5, 0.6) is 0 Å². The molecule has 8 rings (SSSR count). The van der Waals surface area contributed by atoms with Crippen molar-refractivity contribution in [1.82, 2.24) is 19.6 Å². The lowest BCUT2D eigenvalue weighted by atomic mass is 9.85. The van der Waals surface area contributed by atoms with Gasteiger partial charge in [-0.2, -0.15) is 0 Å². The van der Waals surface area contributed by atoms with E-state index in [9.17, 15) is 94.8 Å². The number of carboxylic acid groups (broad SMARTS) is 4. The molecule has 0 fully saturated rings. The molecule has 4 N–H and O–H groups in total. The highest BCUT2D eigenvalue weighted by Crippen LogP contribution is 2.40. The van der Waals surface area contributed by atoms with Gasteiger partial charge in [-0.25, -0.2) is 19.2 Å². The van der Waals surface area contributed by atoms with Crippen LogP contribution < -0.4 is 0 Å². The van der Waals surface area contributed by atoms with Gasteiger partial charge in [-0.05, 0) is 76.2 Å². The molecule has 4 heterocycles. The van der Waals surface area contributed by atoms with Crippen LogP contribution in [0.1, 0.15) is 111 Å². The van der Waals surface area contributed by atoms with E-state index in [4.69, 9.17) is 0 Å². The molecule has 0 aromatic heterocycles. The van der Waals surface area contributed by atoms with E-state index in [0.29, 0.717) is 19.6 Å². The highest BCUT2D eigenvalue weighted by Gasteiger charge is 2.46. The summed E-state index contributed by atoms with van der Waals surface area (Å²) in [4.78, 5) is 151. The molecule has 4 aromatic carbocycles. The molecule has 4 aliphatic heterocycles. The Bertz CT molecular complexity index is 2710. The minimum Gasteiger partial charge on any atom is -0.480 e. The zero-order chi connectivity index (χ0) is 58.4. The monoisotopic (exact) mass is 1130 g/mol. The van der Waals surface area contributed by atoms with Crippen molar-refractivity contribution in [3.8, 4) is 0 Å². The van der Waals surface area contributed by atoms with E-state index < -0.39 is 139 Å². The molecular formula is C48H52N4O20S4. The second-order valence-corrected chi connectivity index (χ2v) is 23.0. The molecule has 76 heavy (non-hydrogen) atoms. The summed E-state index contributed by atoms with van der Waals surface area (Å²) in [5.74, 6) is -12.3. The summed E-state index contributed by atoms with van der Waals surface area (Å²) in [6, 6.07) is 4.53. The molecule has 0 bridgehead atoms. The van der Waals surface area contributed by atoms with Crippen LogP contribution in [0, 0.1) is 0 Å². The topological polar surface area (TPSA) is 367 Å². The first-order valence-corrected chi connectivity index (χ1v) is 29.6. The fourth-order valence-electron chi connectivity index (χ4n) is 7.67. The van der Waals surface area contributed by atoms with Gasteiger partial charge in [0.2, 0.25) is 0 Å². The molecule has 28 heteroatoms. The van der Waals surface area contributed by atoms with E-state index in [0.717, 1.165) is 0 Å². The van der Waals surface area contributed by atoms with E-state index in [2.05, 4.69) is 0 Å². The molecule has 4 atom stereocenters. The Morgan fingerprint density at radius 3 is 0.474 bits per heavy atom. The van der Waals surface area contributed by atoms with Crippen molar-refractivity contribution in [1.29, 1.82) is 0 Å². The van der Waals surface area contributed by atoms with E-state index in [-0.39, 0.29) is 66.1 Å². The predicted octanol–water partition coefficient (Wildman–Crippen LogP) is 1.93. The third-order valence-corrected chi connectivity index (χ3v) is 10.9. The van der Waals surface area contributed by atoms with Crippen LogP contribution in [0.25, 0.3) is 21.5 Å². The Labute approximate surface area is 443 Å². The van der Waals surface area contributed by atoms with Gasteiger partial charge in [0.05, 0.1) is 0 Å². The third kappa shape index (κ3) is 12.9. The lowest BCUT2D eigenvalue weighted by Gasteiger charge is -2.34. The molecule has 0 unspecified atom stereocenters. The summed E-state index contributed by atoms with van der Waals surface area (Å²) in [6.07, 6.45) is 13.1. The smallest absolute Gasteiger partial charge is 0.326 e. The number of aliphatic carboxylic acids is 4. The fourth-order valence-corrected chi connectivity index (χ4v) is 7.67. The summed E-state index contributed by atoms with van der Waals surface area (Å²) in [5.41, 5.74) is -0.121. The van der Waals surface area contributed by atoms with Crippen LogP contribution in [0.3, 0.4) is 0 Å². The standard InChI is InChI=1S/2C20H14N2O8.4C2H6OS/c2*1-7(19(27)28)21-15(23)9-3-5-11-14-12(6-4-10(13(9)14)16(21)24)18(26)22(17(11)25)8(2)20(29)30;4*1-4(2)3/h2*3-8H,1-2H3,(H,27,28)(H,29,30);4*1-2H3/t2*7-,8-;;;;/m00..../s1. The molecule has 4 aliphatic rings. The Morgan fingerprint density at radius 1 is 0.303 bits per heavy atom. The van der Waals surface area contributed by atoms with Crippen molar-refractivity contribution in [2.75, 3.05) is 50.0 Å². The van der Waals surface area contributed by atoms with E-state index in [1.807, 2.05) is 0 Å².